The van der Waals surface area contributed by atoms with Crippen LogP contribution in [0.3, 0.4) is 0 Å². The van der Waals surface area contributed by atoms with E-state index in [9.17, 15) is 0 Å². The van der Waals surface area contributed by atoms with Gasteiger partial charge in [0.15, 0.2) is 0 Å². The summed E-state index contributed by atoms with van der Waals surface area (Å²) in [4.78, 5) is 0. The Morgan fingerprint density at radius 3 is 1.54 bits per heavy atom. The zero-order valence-electron chi connectivity index (χ0n) is 17.4. The number of hydrogen-bond donors (Lipinski definition) is 0. The second-order valence-corrected chi connectivity index (χ2v) is 10.4. The summed E-state index contributed by atoms with van der Waals surface area (Å²) in [5, 5.41) is 10.6. The molecule has 0 rings (SSSR count). The molecule has 0 aliphatic carbocycles. The lowest BCUT2D eigenvalue weighted by Gasteiger charge is -2.29. The molecule has 0 spiro atoms. The van der Waals surface area contributed by atoms with Crippen LogP contribution >= 0.6 is 11.8 Å². The van der Waals surface area contributed by atoms with Crippen LogP contribution in [-0.2, 0) is 13.3 Å². The molecule has 154 valence electrons. The Hall–Kier alpha value is -0.0631. The standard InChI is InChI=1S/C20H41NO3SSi/c1-4-15-22-26(23-16-5-2,24-17-6-3)19-14-12-10-8-7-9-11-13-18-25-20-21/h4-19H2,1-3H3. The minimum Gasteiger partial charge on any atom is -0.373 e. The smallest absolute Gasteiger partial charge is 0.373 e. The Balaban J connectivity index is 3.97. The molecule has 0 aromatic carbocycles. The summed E-state index contributed by atoms with van der Waals surface area (Å²) in [6, 6.07) is 0.957. The zero-order valence-corrected chi connectivity index (χ0v) is 19.2. The Morgan fingerprint density at radius 1 is 0.692 bits per heavy atom. The van der Waals surface area contributed by atoms with E-state index in [1.807, 2.05) is 0 Å². The van der Waals surface area contributed by atoms with E-state index in [4.69, 9.17) is 18.5 Å². The lowest BCUT2D eigenvalue weighted by atomic mass is 10.1. The summed E-state index contributed by atoms with van der Waals surface area (Å²) in [6.45, 7) is 8.63. The van der Waals surface area contributed by atoms with Crippen molar-refractivity contribution in [1.29, 1.82) is 5.26 Å². The van der Waals surface area contributed by atoms with E-state index < -0.39 is 8.80 Å². The summed E-state index contributed by atoms with van der Waals surface area (Å²) in [6.07, 6.45) is 13.0. The van der Waals surface area contributed by atoms with Gasteiger partial charge in [-0.25, -0.2) is 0 Å². The Bertz CT molecular complexity index is 318. The van der Waals surface area contributed by atoms with Crippen LogP contribution in [0.25, 0.3) is 0 Å². The summed E-state index contributed by atoms with van der Waals surface area (Å²) in [5.74, 6) is 0.983. The monoisotopic (exact) mass is 403 g/mol. The third-order valence-electron chi connectivity index (χ3n) is 4.12. The van der Waals surface area contributed by atoms with Gasteiger partial charge in [-0.15, -0.1) is 0 Å². The summed E-state index contributed by atoms with van der Waals surface area (Å²) in [5.41, 5.74) is 0. The van der Waals surface area contributed by atoms with Crippen molar-refractivity contribution in [2.45, 2.75) is 97.4 Å². The van der Waals surface area contributed by atoms with E-state index >= 15 is 0 Å². The second kappa shape index (κ2) is 19.7. The van der Waals surface area contributed by atoms with Crippen molar-refractivity contribution >= 4 is 20.6 Å². The van der Waals surface area contributed by atoms with Gasteiger partial charge in [0, 0.05) is 31.6 Å². The first-order chi connectivity index (χ1) is 12.7. The van der Waals surface area contributed by atoms with Crippen LogP contribution in [-0.4, -0.2) is 34.4 Å². The van der Waals surface area contributed by atoms with Crippen LogP contribution in [0.15, 0.2) is 0 Å². The van der Waals surface area contributed by atoms with E-state index in [2.05, 4.69) is 26.2 Å². The van der Waals surface area contributed by atoms with Crippen LogP contribution < -0.4 is 0 Å². The molecule has 0 aromatic rings. The fraction of sp³-hybridized carbons (Fsp3) is 0.950. The molecule has 0 fully saturated rings. The SMILES string of the molecule is CCCO[Si](CCCCCCCCCCSC#N)(OCCC)OCCC. The van der Waals surface area contributed by atoms with E-state index in [1.54, 1.807) is 0 Å². The molecule has 0 aliphatic rings. The van der Waals surface area contributed by atoms with Gasteiger partial charge in [0.25, 0.3) is 0 Å². The number of thioether (sulfide) groups is 1. The molecule has 6 heteroatoms. The van der Waals surface area contributed by atoms with E-state index in [0.29, 0.717) is 0 Å². The molecule has 0 aromatic heterocycles. The van der Waals surface area contributed by atoms with Crippen molar-refractivity contribution in [2.24, 2.45) is 0 Å². The lowest BCUT2D eigenvalue weighted by molar-refractivity contribution is 0.0586. The van der Waals surface area contributed by atoms with Crippen LogP contribution in [0.1, 0.15) is 91.4 Å². The molecule has 0 unspecified atom stereocenters. The maximum Gasteiger partial charge on any atom is 0.500 e. The number of rotatable bonds is 20. The molecule has 0 saturated carbocycles. The molecule has 0 amide bonds. The fourth-order valence-electron chi connectivity index (χ4n) is 2.74. The molecule has 0 saturated heterocycles. The van der Waals surface area contributed by atoms with Crippen molar-refractivity contribution in [3.05, 3.63) is 0 Å². The predicted molar refractivity (Wildman–Crippen MR) is 114 cm³/mol. The topological polar surface area (TPSA) is 51.5 Å². The molecular weight excluding hydrogens is 362 g/mol. The van der Waals surface area contributed by atoms with E-state index in [1.165, 1.54) is 56.7 Å². The minimum atomic E-state index is -2.48. The average Bonchev–Trinajstić information content (AvgIpc) is 2.66. The van der Waals surface area contributed by atoms with E-state index in [-0.39, 0.29) is 0 Å². The first kappa shape index (κ1) is 25.9. The summed E-state index contributed by atoms with van der Waals surface area (Å²) in [7, 11) is -2.48. The molecule has 0 bridgehead atoms. The van der Waals surface area contributed by atoms with Crippen molar-refractivity contribution in [3.63, 3.8) is 0 Å². The molecule has 0 heterocycles. The van der Waals surface area contributed by atoms with Crippen molar-refractivity contribution in [1.82, 2.24) is 0 Å². The predicted octanol–water partition coefficient (Wildman–Crippen LogP) is 6.54. The molecule has 4 nitrogen and oxygen atoms in total. The normalized spacial score (nSPS) is 11.6. The number of thiocyanates is 1. The highest BCUT2D eigenvalue weighted by Crippen LogP contribution is 2.22. The second-order valence-electron chi connectivity index (χ2n) is 6.75. The maximum atomic E-state index is 8.48. The van der Waals surface area contributed by atoms with Crippen LogP contribution in [0, 0.1) is 10.7 Å². The highest BCUT2D eigenvalue weighted by Gasteiger charge is 2.40. The van der Waals surface area contributed by atoms with Crippen molar-refractivity contribution < 1.29 is 13.3 Å². The number of hydrogen-bond acceptors (Lipinski definition) is 5. The summed E-state index contributed by atoms with van der Waals surface area (Å²) >= 11 is 1.38. The Morgan fingerprint density at radius 2 is 1.12 bits per heavy atom. The van der Waals surface area contributed by atoms with Gasteiger partial charge in [-0.3, -0.25) is 0 Å². The van der Waals surface area contributed by atoms with E-state index in [0.717, 1.165) is 57.3 Å². The first-order valence-electron chi connectivity index (χ1n) is 10.7. The van der Waals surface area contributed by atoms with Gasteiger partial charge in [0.2, 0.25) is 0 Å². The highest BCUT2D eigenvalue weighted by atomic mass is 32.2. The van der Waals surface area contributed by atoms with Gasteiger partial charge in [0.05, 0.1) is 0 Å². The van der Waals surface area contributed by atoms with Gasteiger partial charge in [-0.05, 0) is 43.9 Å². The molecule has 0 N–H and O–H groups in total. The first-order valence-corrected chi connectivity index (χ1v) is 13.6. The third-order valence-corrected chi connectivity index (χ3v) is 7.64. The molecule has 26 heavy (non-hydrogen) atoms. The molecule has 0 radical (unpaired) electrons. The van der Waals surface area contributed by atoms with Crippen LogP contribution in [0.4, 0.5) is 0 Å². The number of nitriles is 1. The summed E-state index contributed by atoms with van der Waals surface area (Å²) < 4.78 is 18.4. The highest BCUT2D eigenvalue weighted by molar-refractivity contribution is 8.03. The number of nitrogens with zero attached hydrogens (tertiary/aromatic N) is 1. The van der Waals surface area contributed by atoms with Crippen LogP contribution in [0.5, 0.6) is 0 Å². The van der Waals surface area contributed by atoms with Crippen LogP contribution in [0.2, 0.25) is 6.04 Å². The van der Waals surface area contributed by atoms with Gasteiger partial charge >= 0.3 is 8.80 Å². The average molecular weight is 404 g/mol. The molecule has 0 aliphatic heterocycles. The minimum absolute atomic E-state index is 0.740. The largest absolute Gasteiger partial charge is 0.500 e. The van der Waals surface area contributed by atoms with Crippen molar-refractivity contribution in [2.75, 3.05) is 25.6 Å². The van der Waals surface area contributed by atoms with Gasteiger partial charge in [-0.1, -0.05) is 59.3 Å². The lowest BCUT2D eigenvalue weighted by Crippen LogP contribution is -2.46. The van der Waals surface area contributed by atoms with Crippen molar-refractivity contribution in [3.8, 4) is 5.40 Å². The third kappa shape index (κ3) is 15.0. The van der Waals surface area contributed by atoms with Gasteiger partial charge in [-0.2, -0.15) is 5.26 Å². The maximum absolute atomic E-state index is 8.48. The number of unbranched alkanes of at least 4 members (excludes halogenated alkanes) is 7. The molecule has 0 atom stereocenters. The van der Waals surface area contributed by atoms with Gasteiger partial charge < -0.3 is 13.3 Å². The zero-order chi connectivity index (χ0) is 19.3. The fourth-order valence-corrected chi connectivity index (χ4v) is 6.09. The molecular formula is C20H41NO3SSi. The Labute approximate surface area is 167 Å². The Kier molecular flexibility index (Phi) is 19.6. The quantitative estimate of drug-likeness (QED) is 0.131. The van der Waals surface area contributed by atoms with Gasteiger partial charge in [0.1, 0.15) is 5.40 Å².